The lowest BCUT2D eigenvalue weighted by Crippen LogP contribution is -2.57. The normalized spacial score (nSPS) is 45.3. The molecule has 1 saturated heterocycles. The molecule has 4 bridgehead atoms. The predicted octanol–water partition coefficient (Wildman–Crippen LogP) is 5.81. The Morgan fingerprint density at radius 3 is 2.08 bits per heavy atom. The van der Waals surface area contributed by atoms with Crippen molar-refractivity contribution in [3.63, 3.8) is 0 Å². The van der Waals surface area contributed by atoms with Crippen LogP contribution in [-0.2, 0) is 0 Å². The van der Waals surface area contributed by atoms with E-state index in [2.05, 4.69) is 56.9 Å². The molecule has 4 saturated carbocycles. The molecule has 0 radical (unpaired) electrons. The zero-order chi connectivity index (χ0) is 16.7. The molecule has 0 N–H and O–H groups in total. The van der Waals surface area contributed by atoms with Crippen molar-refractivity contribution in [2.75, 3.05) is 4.90 Å². The van der Waals surface area contributed by atoms with E-state index in [4.69, 9.17) is 0 Å². The Balaban J connectivity index is 1.60. The van der Waals surface area contributed by atoms with E-state index in [9.17, 15) is 0 Å². The van der Waals surface area contributed by atoms with Crippen molar-refractivity contribution < 1.29 is 0 Å². The summed E-state index contributed by atoms with van der Waals surface area (Å²) >= 11 is 0. The van der Waals surface area contributed by atoms with E-state index in [1.807, 2.05) is 0 Å². The lowest BCUT2D eigenvalue weighted by Gasteiger charge is -2.62. The van der Waals surface area contributed by atoms with Gasteiger partial charge in [-0.15, -0.1) is 0 Å². The largest absolute Gasteiger partial charge is 0.363 e. The van der Waals surface area contributed by atoms with Crippen LogP contribution in [-0.4, -0.2) is 11.6 Å². The molecule has 0 aromatic heterocycles. The molecule has 1 heterocycles. The Hall–Kier alpha value is -0.980. The Morgan fingerprint density at radius 2 is 1.50 bits per heavy atom. The highest BCUT2D eigenvalue weighted by Gasteiger charge is 2.65. The second kappa shape index (κ2) is 4.80. The third kappa shape index (κ3) is 1.82. The summed E-state index contributed by atoms with van der Waals surface area (Å²) in [5, 5.41) is 0. The Labute approximate surface area is 147 Å². The maximum Gasteiger partial charge on any atom is 0.0402 e. The van der Waals surface area contributed by atoms with E-state index in [1.165, 1.54) is 43.4 Å². The molecule has 1 aliphatic heterocycles. The van der Waals surface area contributed by atoms with Gasteiger partial charge in [0.05, 0.1) is 0 Å². The Morgan fingerprint density at radius 1 is 0.917 bits per heavy atom. The molecule has 6 rings (SSSR count). The monoisotopic (exact) mass is 323 g/mol. The van der Waals surface area contributed by atoms with Crippen molar-refractivity contribution in [1.29, 1.82) is 0 Å². The standard InChI is InChI=1S/C23H33N/c1-15-7-5-6-8-21(15)24-16(2)23(14-22(24,3)4)19-10-17-9-18(12-19)13-20(23)11-17/h5-8,16-20H,9-14H2,1-4H3. The van der Waals surface area contributed by atoms with Gasteiger partial charge in [-0.1, -0.05) is 18.2 Å². The predicted molar refractivity (Wildman–Crippen MR) is 101 cm³/mol. The van der Waals surface area contributed by atoms with Crippen molar-refractivity contribution in [2.24, 2.45) is 29.1 Å². The van der Waals surface area contributed by atoms with Crippen molar-refractivity contribution >= 4 is 5.69 Å². The van der Waals surface area contributed by atoms with E-state index in [0.717, 1.165) is 23.7 Å². The van der Waals surface area contributed by atoms with Crippen molar-refractivity contribution in [2.45, 2.75) is 77.8 Å². The van der Waals surface area contributed by atoms with Crippen LogP contribution >= 0.6 is 0 Å². The van der Waals surface area contributed by atoms with Gasteiger partial charge >= 0.3 is 0 Å². The van der Waals surface area contributed by atoms with E-state index >= 15 is 0 Å². The van der Waals surface area contributed by atoms with Gasteiger partial charge in [0, 0.05) is 17.3 Å². The van der Waals surface area contributed by atoms with Gasteiger partial charge in [0.25, 0.3) is 0 Å². The topological polar surface area (TPSA) is 3.24 Å². The van der Waals surface area contributed by atoms with Gasteiger partial charge in [0.15, 0.2) is 0 Å². The summed E-state index contributed by atoms with van der Waals surface area (Å²) in [7, 11) is 0. The number of hydrogen-bond donors (Lipinski definition) is 0. The average Bonchev–Trinajstić information content (AvgIpc) is 2.72. The summed E-state index contributed by atoms with van der Waals surface area (Å²) in [6.45, 7) is 9.88. The minimum atomic E-state index is 0.279. The number of benzene rings is 1. The lowest BCUT2D eigenvalue weighted by molar-refractivity contribution is -0.113. The molecule has 1 spiro atoms. The van der Waals surface area contributed by atoms with Crippen LogP contribution in [0.15, 0.2) is 24.3 Å². The smallest absolute Gasteiger partial charge is 0.0402 e. The van der Waals surface area contributed by atoms with Crippen LogP contribution in [0.2, 0.25) is 0 Å². The first-order valence-corrected chi connectivity index (χ1v) is 10.3. The average molecular weight is 324 g/mol. The van der Waals surface area contributed by atoms with Gasteiger partial charge in [0.1, 0.15) is 0 Å². The molecule has 1 atom stereocenters. The van der Waals surface area contributed by atoms with Gasteiger partial charge in [-0.25, -0.2) is 0 Å². The maximum absolute atomic E-state index is 2.82. The third-order valence-electron chi connectivity index (χ3n) is 8.59. The molecule has 1 unspecified atom stereocenters. The molecule has 5 fully saturated rings. The summed E-state index contributed by atoms with van der Waals surface area (Å²) in [4.78, 5) is 2.82. The van der Waals surface area contributed by atoms with Crippen molar-refractivity contribution in [3.05, 3.63) is 29.8 Å². The van der Waals surface area contributed by atoms with Crippen LogP contribution < -0.4 is 4.90 Å². The summed E-state index contributed by atoms with van der Waals surface area (Å²) in [5.74, 6) is 4.14. The molecular weight excluding hydrogens is 290 g/mol. The molecule has 1 aromatic rings. The summed E-state index contributed by atoms with van der Waals surface area (Å²) in [5.41, 5.74) is 3.79. The molecule has 1 heteroatoms. The Bertz CT molecular complexity index is 630. The number of nitrogens with zero attached hydrogens (tertiary/aromatic N) is 1. The lowest BCUT2D eigenvalue weighted by atomic mass is 9.43. The molecule has 4 aliphatic carbocycles. The van der Waals surface area contributed by atoms with Gasteiger partial charge in [0.2, 0.25) is 0 Å². The van der Waals surface area contributed by atoms with Crippen LogP contribution in [0.3, 0.4) is 0 Å². The van der Waals surface area contributed by atoms with Crippen LogP contribution in [0.25, 0.3) is 0 Å². The van der Waals surface area contributed by atoms with Gasteiger partial charge in [-0.05, 0) is 107 Å². The molecule has 130 valence electrons. The summed E-state index contributed by atoms with van der Waals surface area (Å²) in [6.07, 6.45) is 9.11. The van der Waals surface area contributed by atoms with Gasteiger partial charge in [-0.2, -0.15) is 0 Å². The van der Waals surface area contributed by atoms with E-state index in [1.54, 1.807) is 6.42 Å². The first-order chi connectivity index (χ1) is 11.4. The number of anilines is 1. The fourth-order valence-electron chi connectivity index (χ4n) is 8.15. The van der Waals surface area contributed by atoms with E-state index < -0.39 is 0 Å². The fraction of sp³-hybridized carbons (Fsp3) is 0.739. The molecule has 1 nitrogen and oxygen atoms in total. The minimum Gasteiger partial charge on any atom is -0.363 e. The molecule has 0 amide bonds. The SMILES string of the molecule is Cc1ccccc1N1C(C)C2(CC1(C)C)C1CC3CC(C1)CC2C3. The maximum atomic E-state index is 2.82. The van der Waals surface area contributed by atoms with Crippen LogP contribution in [0.4, 0.5) is 5.69 Å². The van der Waals surface area contributed by atoms with E-state index in [-0.39, 0.29) is 5.54 Å². The molecular formula is C23H33N. The minimum absolute atomic E-state index is 0.279. The second-order valence-electron chi connectivity index (χ2n) is 10.2. The fourth-order valence-corrected chi connectivity index (χ4v) is 8.15. The van der Waals surface area contributed by atoms with E-state index in [0.29, 0.717) is 11.5 Å². The quantitative estimate of drug-likeness (QED) is 0.630. The number of hydrogen-bond acceptors (Lipinski definition) is 1. The van der Waals surface area contributed by atoms with Crippen LogP contribution in [0, 0.1) is 36.0 Å². The first-order valence-electron chi connectivity index (χ1n) is 10.3. The van der Waals surface area contributed by atoms with Crippen molar-refractivity contribution in [3.8, 4) is 0 Å². The molecule has 1 aromatic carbocycles. The summed E-state index contributed by atoms with van der Waals surface area (Å²) < 4.78 is 0. The number of aryl methyl sites for hydroxylation is 1. The van der Waals surface area contributed by atoms with Crippen molar-refractivity contribution in [1.82, 2.24) is 0 Å². The highest BCUT2D eigenvalue weighted by molar-refractivity contribution is 5.58. The van der Waals surface area contributed by atoms with Gasteiger partial charge < -0.3 is 4.90 Å². The zero-order valence-electron chi connectivity index (χ0n) is 15.9. The number of rotatable bonds is 1. The first kappa shape index (κ1) is 15.3. The molecule has 24 heavy (non-hydrogen) atoms. The third-order valence-corrected chi connectivity index (χ3v) is 8.59. The second-order valence-corrected chi connectivity index (χ2v) is 10.2. The highest BCUT2D eigenvalue weighted by atomic mass is 15.3. The van der Waals surface area contributed by atoms with Crippen LogP contribution in [0.1, 0.15) is 64.9 Å². The highest BCUT2D eigenvalue weighted by Crippen LogP contribution is 2.69. The Kier molecular flexibility index (Phi) is 3.06. The summed E-state index contributed by atoms with van der Waals surface area (Å²) in [6, 6.07) is 9.75. The van der Waals surface area contributed by atoms with Gasteiger partial charge in [-0.3, -0.25) is 0 Å². The molecule has 5 aliphatic rings. The van der Waals surface area contributed by atoms with Crippen LogP contribution in [0.5, 0.6) is 0 Å². The zero-order valence-corrected chi connectivity index (χ0v) is 15.9. The number of para-hydroxylation sites is 1.